The van der Waals surface area contributed by atoms with Crippen molar-refractivity contribution in [3.8, 4) is 16.9 Å². The molecule has 0 bridgehead atoms. The van der Waals surface area contributed by atoms with Gasteiger partial charge in [-0.05, 0) is 12.1 Å². The molecule has 3 aromatic rings. The average Bonchev–Trinajstić information content (AvgIpc) is 2.93. The summed E-state index contributed by atoms with van der Waals surface area (Å²) in [5.41, 5.74) is 4.38. The fraction of sp³-hybridized carbons (Fsp3) is 0.111. The zero-order valence-corrected chi connectivity index (χ0v) is 12.1. The number of methoxy groups -OCH3 is 1. The van der Waals surface area contributed by atoms with Gasteiger partial charge in [-0.15, -0.1) is 0 Å². The Morgan fingerprint density at radius 1 is 1.05 bits per heavy atom. The van der Waals surface area contributed by atoms with Crippen LogP contribution in [0.1, 0.15) is 16.1 Å². The first kappa shape index (κ1) is 12.8. The molecule has 4 nitrogen and oxygen atoms in total. The SMILES string of the molecule is COc1ccccc1-c1cccc2cc3c(nc12)CNC3=O. The number of ether oxygens (including phenoxy) is 1. The van der Waals surface area contributed by atoms with Crippen LogP contribution in [0.3, 0.4) is 0 Å². The molecular formula is C18H14N2O2. The van der Waals surface area contributed by atoms with Gasteiger partial charge in [0.2, 0.25) is 0 Å². The molecule has 0 fully saturated rings. The van der Waals surface area contributed by atoms with Crippen molar-refractivity contribution in [3.63, 3.8) is 0 Å². The van der Waals surface area contributed by atoms with Crippen LogP contribution in [0.2, 0.25) is 0 Å². The smallest absolute Gasteiger partial charge is 0.253 e. The number of nitrogens with one attached hydrogen (secondary N) is 1. The normalized spacial score (nSPS) is 13.0. The molecule has 1 N–H and O–H groups in total. The lowest BCUT2D eigenvalue weighted by atomic mass is 10.00. The summed E-state index contributed by atoms with van der Waals surface area (Å²) in [6.07, 6.45) is 0. The maximum Gasteiger partial charge on any atom is 0.253 e. The van der Waals surface area contributed by atoms with Gasteiger partial charge in [0.25, 0.3) is 5.91 Å². The van der Waals surface area contributed by atoms with Gasteiger partial charge in [0.1, 0.15) is 5.75 Å². The molecule has 1 aliphatic rings. The number of fused-ring (bicyclic) bond motifs is 2. The second-order valence-corrected chi connectivity index (χ2v) is 5.24. The molecule has 1 aromatic heterocycles. The number of para-hydroxylation sites is 2. The van der Waals surface area contributed by atoms with Gasteiger partial charge in [0, 0.05) is 16.5 Å². The second kappa shape index (κ2) is 4.84. The summed E-state index contributed by atoms with van der Waals surface area (Å²) in [5.74, 6) is 0.763. The van der Waals surface area contributed by atoms with Crippen LogP contribution in [0.5, 0.6) is 5.75 Å². The van der Waals surface area contributed by atoms with Crippen LogP contribution in [0.25, 0.3) is 22.0 Å². The van der Waals surface area contributed by atoms with Gasteiger partial charge >= 0.3 is 0 Å². The number of pyridine rings is 1. The number of aromatic nitrogens is 1. The minimum absolute atomic E-state index is 0.0490. The maximum absolute atomic E-state index is 11.8. The molecule has 0 saturated carbocycles. The van der Waals surface area contributed by atoms with E-state index in [9.17, 15) is 4.79 Å². The molecule has 0 atom stereocenters. The van der Waals surface area contributed by atoms with Gasteiger partial charge in [0.15, 0.2) is 0 Å². The van der Waals surface area contributed by atoms with Gasteiger partial charge in [-0.3, -0.25) is 4.79 Å². The minimum atomic E-state index is -0.0490. The first-order valence-electron chi connectivity index (χ1n) is 7.12. The van der Waals surface area contributed by atoms with E-state index in [1.807, 2.05) is 48.5 Å². The molecule has 1 aliphatic heterocycles. The highest BCUT2D eigenvalue weighted by Crippen LogP contribution is 2.35. The number of hydrogen-bond donors (Lipinski definition) is 1. The van der Waals surface area contributed by atoms with Crippen molar-refractivity contribution < 1.29 is 9.53 Å². The molecule has 0 spiro atoms. The zero-order valence-electron chi connectivity index (χ0n) is 12.1. The number of carbonyl (C=O) groups excluding carboxylic acids is 1. The number of amides is 1. The predicted octanol–water partition coefficient (Wildman–Crippen LogP) is 3.15. The minimum Gasteiger partial charge on any atom is -0.496 e. The van der Waals surface area contributed by atoms with E-state index in [0.717, 1.165) is 33.5 Å². The van der Waals surface area contributed by atoms with Crippen molar-refractivity contribution in [2.45, 2.75) is 6.54 Å². The third kappa shape index (κ3) is 1.84. The third-order valence-electron chi connectivity index (χ3n) is 3.98. The van der Waals surface area contributed by atoms with Gasteiger partial charge in [-0.1, -0.05) is 36.4 Å². The van der Waals surface area contributed by atoms with Crippen molar-refractivity contribution in [1.82, 2.24) is 10.3 Å². The number of hydrogen-bond acceptors (Lipinski definition) is 3. The average molecular weight is 290 g/mol. The molecule has 4 heteroatoms. The molecule has 0 unspecified atom stereocenters. The van der Waals surface area contributed by atoms with Crippen LogP contribution in [0, 0.1) is 0 Å². The largest absolute Gasteiger partial charge is 0.496 e. The fourth-order valence-electron chi connectivity index (χ4n) is 2.91. The zero-order chi connectivity index (χ0) is 15.1. The predicted molar refractivity (Wildman–Crippen MR) is 84.9 cm³/mol. The van der Waals surface area contributed by atoms with Crippen LogP contribution >= 0.6 is 0 Å². The van der Waals surface area contributed by atoms with Crippen LogP contribution < -0.4 is 10.1 Å². The van der Waals surface area contributed by atoms with Crippen LogP contribution in [-0.2, 0) is 6.54 Å². The Morgan fingerprint density at radius 3 is 2.73 bits per heavy atom. The van der Waals surface area contributed by atoms with Gasteiger partial charge in [0.05, 0.1) is 30.4 Å². The number of nitrogens with zero attached hydrogens (tertiary/aromatic N) is 1. The first-order valence-corrected chi connectivity index (χ1v) is 7.12. The molecule has 0 radical (unpaired) electrons. The van der Waals surface area contributed by atoms with E-state index in [4.69, 9.17) is 9.72 Å². The summed E-state index contributed by atoms with van der Waals surface area (Å²) in [6.45, 7) is 0.490. The van der Waals surface area contributed by atoms with Crippen LogP contribution in [0.15, 0.2) is 48.5 Å². The Kier molecular flexibility index (Phi) is 2.82. The lowest BCUT2D eigenvalue weighted by molar-refractivity contribution is 0.0966. The summed E-state index contributed by atoms with van der Waals surface area (Å²) in [7, 11) is 1.66. The van der Waals surface area contributed by atoms with Gasteiger partial charge in [-0.25, -0.2) is 4.98 Å². The van der Waals surface area contributed by atoms with Crippen molar-refractivity contribution in [2.24, 2.45) is 0 Å². The van der Waals surface area contributed by atoms with Crippen molar-refractivity contribution in [1.29, 1.82) is 0 Å². The molecule has 0 aliphatic carbocycles. The van der Waals surface area contributed by atoms with Crippen molar-refractivity contribution >= 4 is 16.8 Å². The van der Waals surface area contributed by atoms with Crippen molar-refractivity contribution in [2.75, 3.05) is 7.11 Å². The summed E-state index contributed by atoms with van der Waals surface area (Å²) >= 11 is 0. The highest BCUT2D eigenvalue weighted by molar-refractivity contribution is 6.03. The molecule has 108 valence electrons. The molecule has 2 heterocycles. The van der Waals surface area contributed by atoms with Gasteiger partial charge in [-0.2, -0.15) is 0 Å². The number of benzene rings is 2. The maximum atomic E-state index is 11.8. The third-order valence-corrected chi connectivity index (χ3v) is 3.98. The second-order valence-electron chi connectivity index (χ2n) is 5.24. The van der Waals surface area contributed by atoms with E-state index in [1.54, 1.807) is 7.11 Å². The number of rotatable bonds is 2. The Hall–Kier alpha value is -2.88. The molecule has 22 heavy (non-hydrogen) atoms. The lowest BCUT2D eigenvalue weighted by Gasteiger charge is -2.11. The summed E-state index contributed by atoms with van der Waals surface area (Å²) in [5, 5.41) is 3.77. The Bertz CT molecular complexity index is 903. The van der Waals surface area contributed by atoms with E-state index in [2.05, 4.69) is 5.32 Å². The first-order chi connectivity index (χ1) is 10.8. The monoisotopic (exact) mass is 290 g/mol. The molecule has 1 amide bonds. The topological polar surface area (TPSA) is 51.2 Å². The standard InChI is InChI=1S/C18H14N2O2/c1-22-16-8-3-2-6-12(16)13-7-4-5-11-9-14-15(20-17(11)13)10-19-18(14)21/h2-9H,10H2,1H3,(H,19,21). The Balaban J connectivity index is 2.01. The Morgan fingerprint density at radius 2 is 1.86 bits per heavy atom. The Labute approximate surface area is 127 Å². The van der Waals surface area contributed by atoms with E-state index < -0.39 is 0 Å². The molecule has 4 rings (SSSR count). The quantitative estimate of drug-likeness (QED) is 0.788. The van der Waals surface area contributed by atoms with E-state index in [0.29, 0.717) is 12.1 Å². The fourth-order valence-corrected chi connectivity index (χ4v) is 2.91. The highest BCUT2D eigenvalue weighted by Gasteiger charge is 2.22. The van der Waals surface area contributed by atoms with Gasteiger partial charge < -0.3 is 10.1 Å². The van der Waals surface area contributed by atoms with E-state index in [-0.39, 0.29) is 5.91 Å². The van der Waals surface area contributed by atoms with E-state index in [1.165, 1.54) is 0 Å². The molecule has 0 saturated heterocycles. The summed E-state index contributed by atoms with van der Waals surface area (Å²) in [4.78, 5) is 16.5. The van der Waals surface area contributed by atoms with Crippen LogP contribution in [-0.4, -0.2) is 18.0 Å². The summed E-state index contributed by atoms with van der Waals surface area (Å²) < 4.78 is 5.46. The highest BCUT2D eigenvalue weighted by atomic mass is 16.5. The lowest BCUT2D eigenvalue weighted by Crippen LogP contribution is -2.12. The van der Waals surface area contributed by atoms with Crippen molar-refractivity contribution in [3.05, 3.63) is 59.8 Å². The van der Waals surface area contributed by atoms with Crippen LogP contribution in [0.4, 0.5) is 0 Å². The molecular weight excluding hydrogens is 276 g/mol. The summed E-state index contributed by atoms with van der Waals surface area (Å²) in [6, 6.07) is 15.8. The van der Waals surface area contributed by atoms with E-state index >= 15 is 0 Å². The number of carbonyl (C=O) groups is 1. The molecule has 2 aromatic carbocycles.